The van der Waals surface area contributed by atoms with Gasteiger partial charge in [-0.25, -0.2) is 14.4 Å². The highest BCUT2D eigenvalue weighted by molar-refractivity contribution is 6.31. The van der Waals surface area contributed by atoms with E-state index in [0.29, 0.717) is 17.6 Å². The Balaban J connectivity index is 1.60. The fraction of sp³-hybridized carbons (Fsp3) is 0.320. The Labute approximate surface area is 215 Å². The Morgan fingerprint density at radius 2 is 1.92 bits per heavy atom. The van der Waals surface area contributed by atoms with Crippen molar-refractivity contribution in [2.75, 3.05) is 36.9 Å². The molecule has 0 saturated carbocycles. The van der Waals surface area contributed by atoms with Crippen molar-refractivity contribution < 1.29 is 27.1 Å². The van der Waals surface area contributed by atoms with Gasteiger partial charge in [0.05, 0.1) is 16.2 Å². The summed E-state index contributed by atoms with van der Waals surface area (Å²) < 4.78 is 57.1. The lowest BCUT2D eigenvalue weighted by atomic mass is 10.1. The summed E-state index contributed by atoms with van der Waals surface area (Å²) in [5.74, 6) is -1.04. The van der Waals surface area contributed by atoms with Crippen LogP contribution >= 0.6 is 11.6 Å². The zero-order valence-corrected chi connectivity index (χ0v) is 20.4. The summed E-state index contributed by atoms with van der Waals surface area (Å²) in [6.45, 7) is 0.976. The topological polar surface area (TPSA) is 79.4 Å². The Bertz CT molecular complexity index is 1300. The quantitative estimate of drug-likeness (QED) is 0.267. The number of anilines is 3. The number of aromatic nitrogens is 2. The highest BCUT2D eigenvalue weighted by atomic mass is 35.5. The monoisotopic (exact) mass is 537 g/mol. The predicted molar refractivity (Wildman–Crippen MR) is 134 cm³/mol. The maximum atomic E-state index is 13.5. The van der Waals surface area contributed by atoms with Crippen molar-refractivity contribution in [3.63, 3.8) is 0 Å². The zero-order valence-electron chi connectivity index (χ0n) is 19.6. The van der Waals surface area contributed by atoms with Crippen LogP contribution in [0.5, 0.6) is 5.75 Å². The van der Waals surface area contributed by atoms with Crippen molar-refractivity contribution in [1.29, 1.82) is 0 Å². The van der Waals surface area contributed by atoms with E-state index in [9.17, 15) is 22.4 Å². The number of hydrogen-bond acceptors (Lipinski definition) is 6. The van der Waals surface area contributed by atoms with Gasteiger partial charge in [-0.05, 0) is 50.2 Å². The van der Waals surface area contributed by atoms with Gasteiger partial charge in [0.2, 0.25) is 5.91 Å². The molecule has 0 spiro atoms. The fourth-order valence-electron chi connectivity index (χ4n) is 3.90. The first-order chi connectivity index (χ1) is 17.7. The van der Waals surface area contributed by atoms with Crippen LogP contribution in [-0.2, 0) is 4.79 Å². The number of hydrogen-bond donors (Lipinski definition) is 2. The number of fused-ring (bicyclic) bond motifs is 1. The molecule has 2 aromatic carbocycles. The summed E-state index contributed by atoms with van der Waals surface area (Å²) in [7, 11) is 0. The molecule has 1 amide bonds. The zero-order chi connectivity index (χ0) is 26.4. The molecule has 3 aromatic rings. The van der Waals surface area contributed by atoms with E-state index < -0.39 is 24.5 Å². The van der Waals surface area contributed by atoms with Gasteiger partial charge in [-0.3, -0.25) is 9.69 Å². The van der Waals surface area contributed by atoms with Crippen molar-refractivity contribution in [2.45, 2.75) is 25.4 Å². The molecule has 2 heterocycles. The lowest BCUT2D eigenvalue weighted by Crippen LogP contribution is -2.29. The molecule has 1 aromatic heterocycles. The van der Waals surface area contributed by atoms with Gasteiger partial charge in [0.15, 0.2) is 6.61 Å². The van der Waals surface area contributed by atoms with E-state index in [1.807, 2.05) is 0 Å². The normalized spacial score (nSPS) is 14.7. The van der Waals surface area contributed by atoms with E-state index >= 15 is 0 Å². The molecule has 12 heteroatoms. The number of nitrogens with zero attached hydrogens (tertiary/aromatic N) is 3. The van der Waals surface area contributed by atoms with Gasteiger partial charge in [-0.2, -0.15) is 13.2 Å². The number of ether oxygens (including phenoxy) is 1. The second-order valence-corrected chi connectivity index (χ2v) is 8.91. The number of carbonyl (C=O) groups is 1. The van der Waals surface area contributed by atoms with Crippen molar-refractivity contribution in [3.8, 4) is 5.75 Å². The second-order valence-electron chi connectivity index (χ2n) is 8.50. The number of benzene rings is 2. The highest BCUT2D eigenvalue weighted by Crippen LogP contribution is 2.34. The van der Waals surface area contributed by atoms with Crippen LogP contribution in [0.1, 0.15) is 19.3 Å². The molecule has 0 atom stereocenters. The number of rotatable bonds is 8. The van der Waals surface area contributed by atoms with Crippen molar-refractivity contribution in [3.05, 3.63) is 59.7 Å². The molecule has 0 radical (unpaired) electrons. The van der Waals surface area contributed by atoms with Crippen molar-refractivity contribution >= 4 is 45.6 Å². The van der Waals surface area contributed by atoms with Crippen LogP contribution in [0.4, 0.5) is 34.8 Å². The van der Waals surface area contributed by atoms with E-state index in [2.05, 4.69) is 25.5 Å². The van der Waals surface area contributed by atoms with Gasteiger partial charge >= 0.3 is 6.18 Å². The summed E-state index contributed by atoms with van der Waals surface area (Å²) in [4.78, 5) is 23.1. The lowest BCUT2D eigenvalue weighted by Gasteiger charge is -2.24. The average molecular weight is 538 g/mol. The first-order valence-electron chi connectivity index (χ1n) is 11.6. The van der Waals surface area contributed by atoms with Crippen molar-refractivity contribution in [1.82, 2.24) is 14.9 Å². The van der Waals surface area contributed by atoms with E-state index in [1.54, 1.807) is 6.08 Å². The van der Waals surface area contributed by atoms with Gasteiger partial charge in [0.1, 0.15) is 23.7 Å². The number of piperidine rings is 1. The molecular formula is C25H24ClF4N5O2. The first-order valence-corrected chi connectivity index (χ1v) is 12.0. The van der Waals surface area contributed by atoms with Crippen LogP contribution in [0.25, 0.3) is 10.9 Å². The molecular weight excluding hydrogens is 514 g/mol. The average Bonchev–Trinajstić information content (AvgIpc) is 2.85. The molecule has 1 aliphatic heterocycles. The summed E-state index contributed by atoms with van der Waals surface area (Å²) in [5.41, 5.74) is 0.705. The Kier molecular flexibility index (Phi) is 8.45. The minimum Gasteiger partial charge on any atom is -0.482 e. The van der Waals surface area contributed by atoms with Gasteiger partial charge < -0.3 is 15.4 Å². The van der Waals surface area contributed by atoms with E-state index in [1.165, 1.54) is 49.2 Å². The predicted octanol–water partition coefficient (Wildman–Crippen LogP) is 6.09. The minimum atomic E-state index is -4.58. The summed E-state index contributed by atoms with van der Waals surface area (Å²) in [5, 5.41) is 5.86. The molecule has 2 N–H and O–H groups in total. The maximum Gasteiger partial charge on any atom is 0.422 e. The molecule has 4 rings (SSSR count). The lowest BCUT2D eigenvalue weighted by molar-refractivity contribution is -0.153. The molecule has 0 unspecified atom stereocenters. The molecule has 37 heavy (non-hydrogen) atoms. The summed E-state index contributed by atoms with van der Waals surface area (Å²) >= 11 is 5.85. The number of likely N-dealkylation sites (tertiary alicyclic amines) is 1. The summed E-state index contributed by atoms with van der Waals surface area (Å²) in [6.07, 6.45) is 3.10. The smallest absolute Gasteiger partial charge is 0.422 e. The van der Waals surface area contributed by atoms with E-state index in [-0.39, 0.29) is 27.8 Å². The first kappa shape index (κ1) is 26.6. The van der Waals surface area contributed by atoms with E-state index in [0.717, 1.165) is 25.9 Å². The Morgan fingerprint density at radius 3 is 2.65 bits per heavy atom. The minimum absolute atomic E-state index is 0.0133. The maximum absolute atomic E-state index is 13.5. The number of alkyl halides is 3. The third-order valence-corrected chi connectivity index (χ3v) is 5.94. The molecule has 1 saturated heterocycles. The van der Waals surface area contributed by atoms with Crippen LogP contribution in [0.3, 0.4) is 0 Å². The Morgan fingerprint density at radius 1 is 1.14 bits per heavy atom. The Hall–Kier alpha value is -3.44. The van der Waals surface area contributed by atoms with Crippen LogP contribution in [0, 0.1) is 5.82 Å². The molecule has 1 aliphatic rings. The van der Waals surface area contributed by atoms with Crippen LogP contribution in [0.15, 0.2) is 48.8 Å². The second kappa shape index (κ2) is 11.7. The number of halogens is 5. The van der Waals surface area contributed by atoms with Crippen molar-refractivity contribution in [2.24, 2.45) is 0 Å². The largest absolute Gasteiger partial charge is 0.482 e. The fourth-order valence-corrected chi connectivity index (χ4v) is 4.08. The molecule has 196 valence electrons. The van der Waals surface area contributed by atoms with Gasteiger partial charge in [-0.1, -0.05) is 24.1 Å². The van der Waals surface area contributed by atoms with Gasteiger partial charge in [-0.15, -0.1) is 0 Å². The number of amides is 1. The highest BCUT2D eigenvalue weighted by Gasteiger charge is 2.29. The van der Waals surface area contributed by atoms with Crippen LogP contribution in [0.2, 0.25) is 5.02 Å². The van der Waals surface area contributed by atoms with Crippen LogP contribution in [-0.4, -0.2) is 53.2 Å². The van der Waals surface area contributed by atoms with Crippen LogP contribution < -0.4 is 15.4 Å². The number of nitrogens with one attached hydrogen (secondary N) is 2. The molecule has 1 fully saturated rings. The van der Waals surface area contributed by atoms with E-state index in [4.69, 9.17) is 16.3 Å². The third kappa shape index (κ3) is 7.53. The molecule has 7 nitrogen and oxygen atoms in total. The SMILES string of the molecule is O=C(C=CCN1CCCCC1)Nc1cc2c(Nc3ccc(F)c(Cl)c3)ncnc2cc1OCC(F)(F)F. The number of carbonyl (C=O) groups excluding carboxylic acids is 1. The summed E-state index contributed by atoms with van der Waals surface area (Å²) in [6, 6.07) is 6.70. The van der Waals surface area contributed by atoms with Gasteiger partial charge in [0.25, 0.3) is 0 Å². The van der Waals surface area contributed by atoms with Gasteiger partial charge in [0, 0.05) is 29.8 Å². The molecule has 0 bridgehead atoms. The molecule has 0 aliphatic carbocycles. The standard InChI is InChI=1S/C25H24ClF4N5O2/c26-18-11-16(6-7-19(18)27)33-24-17-12-21(34-23(36)5-4-10-35-8-2-1-3-9-35)22(37-14-25(28,29)30)13-20(17)31-15-32-24/h4-7,11-13,15H,1-3,8-10,14H2,(H,34,36)(H,31,32,33). The third-order valence-electron chi connectivity index (χ3n) is 5.65.